The van der Waals surface area contributed by atoms with Gasteiger partial charge in [0.15, 0.2) is 5.78 Å². The number of nitrogens with one attached hydrogen (secondary N) is 3. The Morgan fingerprint density at radius 1 is 1.09 bits per heavy atom. The molecular weight excluding hydrogens is 755 g/mol. The zero-order chi connectivity index (χ0) is 41.3. The van der Waals surface area contributed by atoms with E-state index in [0.717, 1.165) is 22.3 Å². The Kier molecular flexibility index (Phi) is 12.0. The molecule has 57 heavy (non-hydrogen) atoms. The van der Waals surface area contributed by atoms with Crippen LogP contribution in [-0.2, 0) is 51.8 Å². The van der Waals surface area contributed by atoms with Crippen molar-refractivity contribution in [2.75, 3.05) is 13.2 Å². The topological polar surface area (TPSA) is 198 Å². The van der Waals surface area contributed by atoms with E-state index in [1.54, 1.807) is 18.7 Å². The van der Waals surface area contributed by atoms with Crippen LogP contribution in [0.1, 0.15) is 102 Å². The fourth-order valence-electron chi connectivity index (χ4n) is 7.78. The SMILES string of the molecule is C=C1CC(NC(=O)C2CC3CN2C(=O)C(CCC(=O)C=C(C)C)NC(=O)OCC(C)(C)CCC=Cc2cccc4c2CN(C4)C(=O)O3)(C(=O)NS(=O)(=O)C2CC2)C1. The van der Waals surface area contributed by atoms with Crippen LogP contribution >= 0.6 is 0 Å². The molecule has 6 rings (SSSR count). The molecule has 3 heterocycles. The Hall–Kier alpha value is -4.99. The summed E-state index contributed by atoms with van der Waals surface area (Å²) >= 11 is 0. The second-order valence-electron chi connectivity index (χ2n) is 17.0. The number of cyclic esters (lactones) is 1. The van der Waals surface area contributed by atoms with Gasteiger partial charge in [-0.25, -0.2) is 18.0 Å². The number of ketones is 1. The van der Waals surface area contributed by atoms with Crippen LogP contribution in [0.5, 0.6) is 0 Å². The van der Waals surface area contributed by atoms with Crippen molar-refractivity contribution in [1.29, 1.82) is 0 Å². The summed E-state index contributed by atoms with van der Waals surface area (Å²) in [5, 5.41) is 4.66. The number of sulfonamides is 1. The molecule has 308 valence electrons. The van der Waals surface area contributed by atoms with Gasteiger partial charge in [-0.05, 0) is 74.1 Å². The van der Waals surface area contributed by atoms with Crippen molar-refractivity contribution < 1.29 is 46.7 Å². The van der Waals surface area contributed by atoms with Crippen molar-refractivity contribution in [3.8, 4) is 0 Å². The molecule has 16 heteroatoms. The van der Waals surface area contributed by atoms with Crippen molar-refractivity contribution >= 4 is 51.8 Å². The summed E-state index contributed by atoms with van der Waals surface area (Å²) in [6.45, 7) is 11.7. The summed E-state index contributed by atoms with van der Waals surface area (Å²) < 4.78 is 39.2. The third kappa shape index (κ3) is 9.94. The first-order valence-electron chi connectivity index (χ1n) is 19.5. The standard InChI is InChI=1S/C41H53N5O10S/c1-25(2)17-29(47)12-15-33-36(49)46-22-30(18-34(46)35(48)43-41(19-26(3)20-41)37(50)44-57(53,54)31-13-14-31)56-39(52)45-21-28-11-8-10-27(32(28)23-45)9-6-7-16-40(4,5)24-55-38(51)42-33/h6,8-11,17,30-31,33-34H,3,7,12-16,18-24H2,1-2,4-5H3,(H,42,51)(H,43,48)(H,44,50). The quantitative estimate of drug-likeness (QED) is 0.241. The van der Waals surface area contributed by atoms with Gasteiger partial charge < -0.3 is 25.0 Å². The number of carbonyl (C=O) groups excluding carboxylic acids is 6. The molecule has 1 saturated heterocycles. The average Bonchev–Trinajstić information content (AvgIpc) is 3.77. The summed E-state index contributed by atoms with van der Waals surface area (Å²) in [7, 11) is -3.95. The minimum absolute atomic E-state index is 0.0185. The third-order valence-corrected chi connectivity index (χ3v) is 12.9. The molecule has 3 aliphatic heterocycles. The zero-order valence-electron chi connectivity index (χ0n) is 33.1. The summed E-state index contributed by atoms with van der Waals surface area (Å²) in [5.74, 6) is -2.67. The molecule has 0 aromatic heterocycles. The van der Waals surface area contributed by atoms with Crippen molar-refractivity contribution in [2.24, 2.45) is 5.41 Å². The number of carbonyl (C=O) groups is 6. The number of hydrogen-bond donors (Lipinski definition) is 3. The number of ether oxygens (including phenoxy) is 2. The first kappa shape index (κ1) is 41.6. The van der Waals surface area contributed by atoms with Gasteiger partial charge in [-0.15, -0.1) is 0 Å². The number of amides is 5. The maximum atomic E-state index is 14.5. The van der Waals surface area contributed by atoms with Gasteiger partial charge in [-0.1, -0.05) is 61.9 Å². The first-order valence-corrected chi connectivity index (χ1v) is 21.1. The summed E-state index contributed by atoms with van der Waals surface area (Å²) in [6, 6.07) is 3.25. The van der Waals surface area contributed by atoms with Gasteiger partial charge in [-0.2, -0.15) is 0 Å². The Morgan fingerprint density at radius 2 is 1.82 bits per heavy atom. The molecule has 0 spiro atoms. The Morgan fingerprint density at radius 3 is 2.51 bits per heavy atom. The van der Waals surface area contributed by atoms with Gasteiger partial charge in [0.2, 0.25) is 21.8 Å². The Balaban J connectivity index is 1.30. The second-order valence-corrected chi connectivity index (χ2v) is 19.0. The average molecular weight is 808 g/mol. The van der Waals surface area contributed by atoms with E-state index in [1.165, 1.54) is 11.0 Å². The van der Waals surface area contributed by atoms with E-state index in [1.807, 2.05) is 44.2 Å². The Labute approximate surface area is 333 Å². The number of hydrogen-bond acceptors (Lipinski definition) is 10. The molecule has 15 nitrogen and oxygen atoms in total. The fraction of sp³-hybridized carbons (Fsp3) is 0.561. The van der Waals surface area contributed by atoms with Crippen LogP contribution in [0.25, 0.3) is 6.08 Å². The van der Waals surface area contributed by atoms with E-state index in [2.05, 4.69) is 21.9 Å². The molecule has 5 amide bonds. The van der Waals surface area contributed by atoms with E-state index >= 15 is 0 Å². The summed E-state index contributed by atoms with van der Waals surface area (Å²) in [6.07, 6.45) is 4.81. The van der Waals surface area contributed by atoms with Crippen molar-refractivity contribution in [1.82, 2.24) is 25.2 Å². The predicted molar refractivity (Wildman–Crippen MR) is 209 cm³/mol. The van der Waals surface area contributed by atoms with Crippen LogP contribution in [0, 0.1) is 5.41 Å². The van der Waals surface area contributed by atoms with Crippen LogP contribution in [-0.4, -0.2) is 96.0 Å². The number of alkyl carbamates (subject to hydrolysis) is 1. The molecule has 2 saturated carbocycles. The van der Waals surface area contributed by atoms with E-state index in [4.69, 9.17) is 9.47 Å². The maximum Gasteiger partial charge on any atom is 0.410 e. The van der Waals surface area contributed by atoms with Gasteiger partial charge in [0.1, 0.15) is 23.7 Å². The Bertz CT molecular complexity index is 2010. The highest BCUT2D eigenvalue weighted by Gasteiger charge is 2.53. The molecule has 1 aromatic rings. The maximum absolute atomic E-state index is 14.5. The lowest BCUT2D eigenvalue weighted by Crippen LogP contribution is -2.66. The van der Waals surface area contributed by atoms with Crippen molar-refractivity contribution in [3.63, 3.8) is 0 Å². The van der Waals surface area contributed by atoms with E-state index in [0.29, 0.717) is 44.3 Å². The minimum atomic E-state index is -3.95. The zero-order valence-corrected chi connectivity index (χ0v) is 33.9. The first-order chi connectivity index (χ1) is 26.8. The smallest absolute Gasteiger partial charge is 0.410 e. The number of benzene rings is 1. The van der Waals surface area contributed by atoms with Gasteiger partial charge in [0.05, 0.1) is 24.9 Å². The van der Waals surface area contributed by atoms with Gasteiger partial charge in [0.25, 0.3) is 5.91 Å². The van der Waals surface area contributed by atoms with Crippen LogP contribution in [0.15, 0.2) is 48.1 Å². The van der Waals surface area contributed by atoms with E-state index in [9.17, 15) is 37.2 Å². The van der Waals surface area contributed by atoms with Crippen molar-refractivity contribution in [2.45, 2.75) is 128 Å². The molecule has 0 radical (unpaired) electrons. The molecule has 2 aliphatic carbocycles. The monoisotopic (exact) mass is 807 g/mol. The minimum Gasteiger partial charge on any atom is -0.449 e. The van der Waals surface area contributed by atoms with Crippen LogP contribution in [0.3, 0.4) is 0 Å². The molecule has 3 N–H and O–H groups in total. The molecular formula is C41H53N5O10S. The highest BCUT2D eigenvalue weighted by molar-refractivity contribution is 7.91. The molecule has 3 atom stereocenters. The van der Waals surface area contributed by atoms with Gasteiger partial charge in [0, 0.05) is 32.2 Å². The fourth-order valence-corrected chi connectivity index (χ4v) is 9.16. The molecule has 1 aromatic carbocycles. The summed E-state index contributed by atoms with van der Waals surface area (Å²) in [4.78, 5) is 84.9. The number of fused-ring (bicyclic) bond motifs is 3. The van der Waals surface area contributed by atoms with E-state index in [-0.39, 0.29) is 51.0 Å². The lowest BCUT2D eigenvalue weighted by Gasteiger charge is -2.43. The van der Waals surface area contributed by atoms with Gasteiger partial charge in [-0.3, -0.25) is 28.8 Å². The second kappa shape index (κ2) is 16.5. The third-order valence-electron chi connectivity index (χ3n) is 11.1. The lowest BCUT2D eigenvalue weighted by molar-refractivity contribution is -0.142. The highest BCUT2D eigenvalue weighted by atomic mass is 32.2. The molecule has 4 bridgehead atoms. The van der Waals surface area contributed by atoms with Crippen LogP contribution in [0.4, 0.5) is 9.59 Å². The van der Waals surface area contributed by atoms with Crippen LogP contribution in [0.2, 0.25) is 0 Å². The number of nitrogens with zero attached hydrogens (tertiary/aromatic N) is 2. The number of allylic oxidation sites excluding steroid dienone is 3. The lowest BCUT2D eigenvalue weighted by atomic mass is 9.72. The highest BCUT2D eigenvalue weighted by Crippen LogP contribution is 2.38. The van der Waals surface area contributed by atoms with Crippen molar-refractivity contribution in [3.05, 3.63) is 64.8 Å². The normalized spacial score (nSPS) is 24.7. The van der Waals surface area contributed by atoms with E-state index < -0.39 is 74.3 Å². The van der Waals surface area contributed by atoms with Gasteiger partial charge >= 0.3 is 12.2 Å². The van der Waals surface area contributed by atoms with Crippen LogP contribution < -0.4 is 15.4 Å². The predicted octanol–water partition coefficient (Wildman–Crippen LogP) is 4.17. The molecule has 5 aliphatic rings. The molecule has 3 fully saturated rings. The largest absolute Gasteiger partial charge is 0.449 e. The summed E-state index contributed by atoms with van der Waals surface area (Å²) in [5.41, 5.74) is 2.23. The molecule has 3 unspecified atom stereocenters. The number of rotatable bonds is 9.